The summed E-state index contributed by atoms with van der Waals surface area (Å²) in [5, 5.41) is 10.2. The molecule has 2 aromatic carbocycles. The smallest absolute Gasteiger partial charge is 0.262 e. The van der Waals surface area contributed by atoms with Crippen LogP contribution in [0.4, 0.5) is 5.69 Å². The van der Waals surface area contributed by atoms with E-state index < -0.39 is 29.7 Å². The van der Waals surface area contributed by atoms with Gasteiger partial charge in [-0.2, -0.15) is 0 Å². The van der Waals surface area contributed by atoms with Crippen molar-refractivity contribution in [2.24, 2.45) is 0 Å². The molecule has 3 aliphatic rings. The van der Waals surface area contributed by atoms with Crippen LogP contribution in [0.3, 0.4) is 0 Å². The van der Waals surface area contributed by atoms with Crippen molar-refractivity contribution < 1.29 is 19.2 Å². The van der Waals surface area contributed by atoms with Crippen molar-refractivity contribution >= 4 is 52.7 Å². The van der Waals surface area contributed by atoms with E-state index in [1.165, 1.54) is 0 Å². The molecular weight excluding hydrogens is 452 g/mol. The van der Waals surface area contributed by atoms with Crippen molar-refractivity contribution in [2.45, 2.75) is 36.2 Å². The highest BCUT2D eigenvalue weighted by atomic mass is 35.5. The SMILES string of the molecule is O=C1CCC(N2C(=O)c3ccc(CN[C@H]4SC4Nc4ccc(Cl)cc4)cc3C2=O)C(=O)N1. The quantitative estimate of drug-likeness (QED) is 0.439. The second-order valence-electron chi connectivity index (χ2n) is 7.84. The van der Waals surface area contributed by atoms with Gasteiger partial charge in [0.1, 0.15) is 6.04 Å². The standard InChI is InChI=1S/C22H19ClN4O4S/c23-12-2-4-13(5-3-12)25-20-19(32-20)24-10-11-1-6-14-15(9-11)22(31)27(21(14)30)16-7-8-17(28)26-18(16)29/h1-6,9,16,19-20,24-25H,7-8,10H2,(H,26,28,29)/t16?,19-,20?/m0/s1. The van der Waals surface area contributed by atoms with Gasteiger partial charge in [0.15, 0.2) is 0 Å². The van der Waals surface area contributed by atoms with Gasteiger partial charge in [-0.15, -0.1) is 11.8 Å². The first-order valence-electron chi connectivity index (χ1n) is 10.2. The lowest BCUT2D eigenvalue weighted by atomic mass is 10.0. The van der Waals surface area contributed by atoms with Crippen LogP contribution in [0, 0.1) is 0 Å². The molecule has 0 spiro atoms. The molecule has 3 N–H and O–H groups in total. The van der Waals surface area contributed by atoms with Crippen LogP contribution in [0.15, 0.2) is 42.5 Å². The van der Waals surface area contributed by atoms with Gasteiger partial charge in [0, 0.05) is 23.7 Å². The third-order valence-corrected chi connectivity index (χ3v) is 7.01. The molecule has 32 heavy (non-hydrogen) atoms. The van der Waals surface area contributed by atoms with Crippen molar-refractivity contribution in [1.82, 2.24) is 15.5 Å². The van der Waals surface area contributed by atoms with Crippen LogP contribution in [0.1, 0.15) is 39.1 Å². The lowest BCUT2D eigenvalue weighted by Crippen LogP contribution is -2.54. The number of thioether (sulfide) groups is 1. The van der Waals surface area contributed by atoms with Gasteiger partial charge in [0.05, 0.1) is 21.9 Å². The molecule has 10 heteroatoms. The van der Waals surface area contributed by atoms with Crippen molar-refractivity contribution in [3.05, 3.63) is 64.2 Å². The summed E-state index contributed by atoms with van der Waals surface area (Å²) >= 11 is 7.65. The number of hydrogen-bond donors (Lipinski definition) is 3. The average molecular weight is 471 g/mol. The number of hydrogen-bond acceptors (Lipinski definition) is 7. The van der Waals surface area contributed by atoms with E-state index in [-0.39, 0.29) is 29.2 Å². The Morgan fingerprint density at radius 2 is 1.75 bits per heavy atom. The fourth-order valence-electron chi connectivity index (χ4n) is 3.93. The van der Waals surface area contributed by atoms with Gasteiger partial charge in [0.25, 0.3) is 11.8 Å². The van der Waals surface area contributed by atoms with E-state index in [1.807, 2.05) is 24.3 Å². The topological polar surface area (TPSA) is 108 Å². The van der Waals surface area contributed by atoms with E-state index in [0.717, 1.165) is 16.2 Å². The second-order valence-corrected chi connectivity index (χ2v) is 9.56. The number of halogens is 1. The highest BCUT2D eigenvalue weighted by Crippen LogP contribution is 2.40. The van der Waals surface area contributed by atoms with Gasteiger partial charge >= 0.3 is 0 Å². The Labute approximate surface area is 193 Å². The first-order valence-corrected chi connectivity index (χ1v) is 11.5. The van der Waals surface area contributed by atoms with Crippen molar-refractivity contribution in [3.8, 4) is 0 Å². The zero-order valence-electron chi connectivity index (χ0n) is 16.8. The number of nitrogens with one attached hydrogen (secondary N) is 3. The van der Waals surface area contributed by atoms with Gasteiger partial charge in [-0.05, 0) is 48.4 Å². The van der Waals surface area contributed by atoms with Crippen LogP contribution in [-0.4, -0.2) is 45.3 Å². The second kappa shape index (κ2) is 8.23. The Bertz CT molecular complexity index is 1140. The maximum Gasteiger partial charge on any atom is 0.262 e. The zero-order chi connectivity index (χ0) is 22.4. The zero-order valence-corrected chi connectivity index (χ0v) is 18.3. The number of nitrogens with zero attached hydrogens (tertiary/aromatic N) is 1. The molecule has 3 atom stereocenters. The summed E-state index contributed by atoms with van der Waals surface area (Å²) in [5.41, 5.74) is 2.43. The fraction of sp³-hybridized carbons (Fsp3) is 0.273. The number of imide groups is 2. The molecule has 8 nitrogen and oxygen atoms in total. The predicted molar refractivity (Wildman–Crippen MR) is 120 cm³/mol. The summed E-state index contributed by atoms with van der Waals surface area (Å²) in [7, 11) is 0. The molecule has 0 aliphatic carbocycles. The van der Waals surface area contributed by atoms with Crippen LogP contribution in [-0.2, 0) is 16.1 Å². The third-order valence-electron chi connectivity index (χ3n) is 5.66. The number of carbonyl (C=O) groups is 4. The minimum Gasteiger partial charge on any atom is -0.371 e. The number of benzene rings is 2. The fourth-order valence-corrected chi connectivity index (χ4v) is 4.83. The molecule has 0 bridgehead atoms. The molecule has 2 aromatic rings. The molecule has 0 aromatic heterocycles. The monoisotopic (exact) mass is 470 g/mol. The molecule has 5 rings (SSSR count). The normalized spacial score (nSPS) is 24.4. The molecule has 164 valence electrons. The van der Waals surface area contributed by atoms with Crippen LogP contribution in [0.25, 0.3) is 0 Å². The van der Waals surface area contributed by atoms with Crippen LogP contribution >= 0.6 is 23.4 Å². The third kappa shape index (κ3) is 3.99. The number of piperidine rings is 1. The number of rotatable bonds is 6. The summed E-state index contributed by atoms with van der Waals surface area (Å²) < 4.78 is 0. The first-order chi connectivity index (χ1) is 15.4. The number of fused-ring (bicyclic) bond motifs is 1. The van der Waals surface area contributed by atoms with Crippen molar-refractivity contribution in [2.75, 3.05) is 5.32 Å². The van der Waals surface area contributed by atoms with Crippen LogP contribution in [0.2, 0.25) is 5.02 Å². The van der Waals surface area contributed by atoms with Crippen LogP contribution < -0.4 is 16.0 Å². The summed E-state index contributed by atoms with van der Waals surface area (Å²) in [5.74, 6) is -1.99. The maximum atomic E-state index is 12.9. The molecular formula is C22H19ClN4O4S. The highest BCUT2D eigenvalue weighted by Gasteiger charge is 2.44. The van der Waals surface area contributed by atoms with Gasteiger partial charge in [-0.25, -0.2) is 0 Å². The Kier molecular flexibility index (Phi) is 5.40. The molecule has 0 saturated carbocycles. The van der Waals surface area contributed by atoms with E-state index in [4.69, 9.17) is 11.6 Å². The van der Waals surface area contributed by atoms with E-state index in [1.54, 1.807) is 30.0 Å². The van der Waals surface area contributed by atoms with Crippen molar-refractivity contribution in [1.29, 1.82) is 0 Å². The summed E-state index contributed by atoms with van der Waals surface area (Å²) in [6.07, 6.45) is 0.245. The maximum absolute atomic E-state index is 12.9. The molecule has 3 aliphatic heterocycles. The number of amides is 4. The molecule has 0 radical (unpaired) electrons. The number of carbonyl (C=O) groups excluding carboxylic acids is 4. The van der Waals surface area contributed by atoms with E-state index in [9.17, 15) is 19.2 Å². The largest absolute Gasteiger partial charge is 0.371 e. The summed E-state index contributed by atoms with van der Waals surface area (Å²) in [6, 6.07) is 11.7. The first kappa shape index (κ1) is 21.0. The highest BCUT2D eigenvalue weighted by molar-refractivity contribution is 8.07. The molecule has 2 fully saturated rings. The molecule has 2 saturated heterocycles. The van der Waals surface area contributed by atoms with E-state index in [2.05, 4.69) is 16.0 Å². The predicted octanol–water partition coefficient (Wildman–Crippen LogP) is 2.34. The summed E-state index contributed by atoms with van der Waals surface area (Å²) in [4.78, 5) is 50.2. The number of anilines is 1. The van der Waals surface area contributed by atoms with Gasteiger partial charge in [-0.3, -0.25) is 34.7 Å². The lowest BCUT2D eigenvalue weighted by Gasteiger charge is -2.27. The average Bonchev–Trinajstić information content (AvgIpc) is 3.47. The van der Waals surface area contributed by atoms with Crippen LogP contribution in [0.5, 0.6) is 0 Å². The Morgan fingerprint density at radius 1 is 1.00 bits per heavy atom. The minimum atomic E-state index is -0.954. The van der Waals surface area contributed by atoms with Gasteiger partial charge in [-0.1, -0.05) is 17.7 Å². The Morgan fingerprint density at radius 3 is 2.50 bits per heavy atom. The Hall–Kier alpha value is -2.88. The Balaban J connectivity index is 1.21. The molecule has 2 unspecified atom stereocenters. The van der Waals surface area contributed by atoms with Gasteiger partial charge < -0.3 is 5.32 Å². The van der Waals surface area contributed by atoms with E-state index >= 15 is 0 Å². The van der Waals surface area contributed by atoms with Gasteiger partial charge in [0.2, 0.25) is 11.8 Å². The molecule has 3 heterocycles. The van der Waals surface area contributed by atoms with E-state index in [0.29, 0.717) is 17.1 Å². The molecule has 4 amide bonds. The summed E-state index contributed by atoms with van der Waals surface area (Å²) in [6.45, 7) is 0.531. The minimum absolute atomic E-state index is 0.100. The lowest BCUT2D eigenvalue weighted by molar-refractivity contribution is -0.136. The van der Waals surface area contributed by atoms with Crippen molar-refractivity contribution in [3.63, 3.8) is 0 Å².